The van der Waals surface area contributed by atoms with Gasteiger partial charge in [-0.2, -0.15) is 0 Å². The largest absolute Gasteiger partial charge is 0.508 e. The van der Waals surface area contributed by atoms with Crippen molar-refractivity contribution < 1.29 is 15.0 Å². The maximum atomic E-state index is 10.6. The first-order valence-corrected chi connectivity index (χ1v) is 5.51. The molecule has 0 aliphatic rings. The number of aliphatic carboxylic acids is 1. The number of aryl methyl sites for hydroxylation is 2. The third-order valence-electron chi connectivity index (χ3n) is 2.93. The summed E-state index contributed by atoms with van der Waals surface area (Å²) in [6.07, 6.45) is 0.378. The molecule has 88 valence electrons. The topological polar surface area (TPSA) is 57.5 Å². The molecule has 0 aliphatic carbocycles. The Bertz CT molecular complexity index is 573. The number of rotatable bonds is 3. The number of carbonyl (C=O) groups is 1. The Labute approximate surface area is 99.3 Å². The highest BCUT2D eigenvalue weighted by atomic mass is 16.4. The number of hydrogen-bond donors (Lipinski definition) is 2. The number of phenols is 1. The molecule has 0 spiro atoms. The zero-order valence-electron chi connectivity index (χ0n) is 9.60. The van der Waals surface area contributed by atoms with Crippen molar-refractivity contribution in [3.8, 4) is 5.75 Å². The molecular weight excluding hydrogens is 216 g/mol. The van der Waals surface area contributed by atoms with Crippen LogP contribution in [0.5, 0.6) is 5.75 Å². The third-order valence-corrected chi connectivity index (χ3v) is 2.93. The van der Waals surface area contributed by atoms with Crippen LogP contribution in [0, 0.1) is 6.92 Å². The third kappa shape index (κ3) is 2.23. The van der Waals surface area contributed by atoms with Crippen LogP contribution in [0.25, 0.3) is 10.8 Å². The van der Waals surface area contributed by atoms with E-state index in [0.717, 1.165) is 16.3 Å². The molecule has 0 saturated heterocycles. The summed E-state index contributed by atoms with van der Waals surface area (Å²) in [4.78, 5) is 10.6. The first-order chi connectivity index (χ1) is 8.09. The minimum atomic E-state index is -0.853. The molecule has 0 radical (unpaired) electrons. The van der Waals surface area contributed by atoms with E-state index >= 15 is 0 Å². The van der Waals surface area contributed by atoms with Crippen molar-refractivity contribution >= 4 is 16.7 Å². The Morgan fingerprint density at radius 2 is 1.88 bits per heavy atom. The summed E-state index contributed by atoms with van der Waals surface area (Å²) in [6.45, 7) is 1.93. The van der Waals surface area contributed by atoms with E-state index in [0.29, 0.717) is 12.0 Å². The van der Waals surface area contributed by atoms with Gasteiger partial charge in [-0.25, -0.2) is 0 Å². The average Bonchev–Trinajstić information content (AvgIpc) is 2.28. The Hall–Kier alpha value is -2.03. The van der Waals surface area contributed by atoms with Crippen molar-refractivity contribution in [2.45, 2.75) is 19.8 Å². The van der Waals surface area contributed by atoms with Crippen molar-refractivity contribution in [3.05, 3.63) is 41.5 Å². The predicted octanol–water partition coefficient (Wildman–Crippen LogP) is 2.87. The predicted molar refractivity (Wildman–Crippen MR) is 66.3 cm³/mol. The van der Waals surface area contributed by atoms with Gasteiger partial charge >= 0.3 is 5.97 Å². The first-order valence-electron chi connectivity index (χ1n) is 5.51. The van der Waals surface area contributed by atoms with Crippen LogP contribution in [0.15, 0.2) is 30.3 Å². The van der Waals surface area contributed by atoms with E-state index in [2.05, 4.69) is 0 Å². The van der Waals surface area contributed by atoms with Crippen LogP contribution >= 0.6 is 0 Å². The molecule has 2 rings (SSSR count). The van der Waals surface area contributed by atoms with Crippen molar-refractivity contribution in [1.82, 2.24) is 0 Å². The number of hydrogen-bond acceptors (Lipinski definition) is 2. The van der Waals surface area contributed by atoms with Gasteiger partial charge in [-0.1, -0.05) is 24.3 Å². The number of aromatic hydroxyl groups is 1. The highest BCUT2D eigenvalue weighted by molar-refractivity contribution is 5.90. The molecule has 2 aromatic rings. The minimum Gasteiger partial charge on any atom is -0.508 e. The molecule has 0 heterocycles. The molecular formula is C14H14O3. The number of benzene rings is 2. The number of fused-ring (bicyclic) bond motifs is 1. The van der Waals surface area contributed by atoms with E-state index in [-0.39, 0.29) is 12.2 Å². The Kier molecular flexibility index (Phi) is 3.00. The lowest BCUT2D eigenvalue weighted by molar-refractivity contribution is -0.136. The summed E-state index contributed by atoms with van der Waals surface area (Å²) in [5.74, 6) is -0.670. The zero-order valence-corrected chi connectivity index (χ0v) is 9.60. The standard InChI is InChI=1S/C14H14O3/c1-9-8-13(15)12(6-7-14(16)17)11-5-3-2-4-10(9)11/h2-5,8,15H,6-7H2,1H3,(H,16,17). The molecule has 0 bridgehead atoms. The summed E-state index contributed by atoms with van der Waals surface area (Å²) in [6, 6.07) is 9.42. The van der Waals surface area contributed by atoms with Gasteiger partial charge in [0.2, 0.25) is 0 Å². The molecule has 17 heavy (non-hydrogen) atoms. The summed E-state index contributed by atoms with van der Waals surface area (Å²) in [5, 5.41) is 20.6. The molecule has 2 aromatic carbocycles. The van der Waals surface area contributed by atoms with Gasteiger partial charge in [0, 0.05) is 12.0 Å². The lowest BCUT2D eigenvalue weighted by Gasteiger charge is -2.10. The van der Waals surface area contributed by atoms with Crippen molar-refractivity contribution in [2.24, 2.45) is 0 Å². The fraction of sp³-hybridized carbons (Fsp3) is 0.214. The summed E-state index contributed by atoms with van der Waals surface area (Å²) < 4.78 is 0. The van der Waals surface area contributed by atoms with Crippen LogP contribution < -0.4 is 0 Å². The average molecular weight is 230 g/mol. The summed E-state index contributed by atoms with van der Waals surface area (Å²) in [7, 11) is 0. The number of phenolic OH excluding ortho intramolecular Hbond substituents is 1. The van der Waals surface area contributed by atoms with Gasteiger partial charge in [0.05, 0.1) is 0 Å². The Morgan fingerprint density at radius 3 is 2.53 bits per heavy atom. The van der Waals surface area contributed by atoms with E-state index in [1.165, 1.54) is 0 Å². The summed E-state index contributed by atoms with van der Waals surface area (Å²) in [5.41, 5.74) is 1.71. The van der Waals surface area contributed by atoms with Crippen molar-refractivity contribution in [1.29, 1.82) is 0 Å². The van der Waals surface area contributed by atoms with E-state index < -0.39 is 5.97 Å². The van der Waals surface area contributed by atoms with Gasteiger partial charge in [0.1, 0.15) is 5.75 Å². The lowest BCUT2D eigenvalue weighted by Crippen LogP contribution is -1.99. The van der Waals surface area contributed by atoms with E-state index in [1.54, 1.807) is 6.07 Å². The molecule has 3 nitrogen and oxygen atoms in total. The normalized spacial score (nSPS) is 10.6. The van der Waals surface area contributed by atoms with Crippen LogP contribution in [0.1, 0.15) is 17.5 Å². The molecule has 0 unspecified atom stereocenters. The quantitative estimate of drug-likeness (QED) is 0.852. The van der Waals surface area contributed by atoms with Gasteiger partial charge in [-0.05, 0) is 35.7 Å². The number of carboxylic acids is 1. The monoisotopic (exact) mass is 230 g/mol. The van der Waals surface area contributed by atoms with Gasteiger partial charge in [0.15, 0.2) is 0 Å². The fourth-order valence-corrected chi connectivity index (χ4v) is 2.09. The molecule has 0 amide bonds. The van der Waals surface area contributed by atoms with Gasteiger partial charge in [-0.3, -0.25) is 4.79 Å². The molecule has 0 atom stereocenters. The smallest absolute Gasteiger partial charge is 0.303 e. The Balaban J connectivity index is 2.57. The van der Waals surface area contributed by atoms with Gasteiger partial charge in [-0.15, -0.1) is 0 Å². The van der Waals surface area contributed by atoms with E-state index in [1.807, 2.05) is 31.2 Å². The molecule has 0 aliphatic heterocycles. The lowest BCUT2D eigenvalue weighted by atomic mass is 9.96. The van der Waals surface area contributed by atoms with E-state index in [4.69, 9.17) is 5.11 Å². The van der Waals surface area contributed by atoms with Crippen LogP contribution in [-0.2, 0) is 11.2 Å². The first kappa shape index (κ1) is 11.5. The van der Waals surface area contributed by atoms with Crippen molar-refractivity contribution in [2.75, 3.05) is 0 Å². The zero-order chi connectivity index (χ0) is 12.4. The van der Waals surface area contributed by atoms with Crippen LogP contribution in [0.3, 0.4) is 0 Å². The van der Waals surface area contributed by atoms with Gasteiger partial charge < -0.3 is 10.2 Å². The highest BCUT2D eigenvalue weighted by Crippen LogP contribution is 2.31. The fourth-order valence-electron chi connectivity index (χ4n) is 2.09. The van der Waals surface area contributed by atoms with Crippen LogP contribution in [0.2, 0.25) is 0 Å². The van der Waals surface area contributed by atoms with Crippen LogP contribution in [-0.4, -0.2) is 16.2 Å². The van der Waals surface area contributed by atoms with Crippen LogP contribution in [0.4, 0.5) is 0 Å². The molecule has 0 aromatic heterocycles. The highest BCUT2D eigenvalue weighted by Gasteiger charge is 2.10. The summed E-state index contributed by atoms with van der Waals surface area (Å²) >= 11 is 0. The number of carboxylic acid groups (broad SMARTS) is 1. The molecule has 3 heteroatoms. The van der Waals surface area contributed by atoms with E-state index in [9.17, 15) is 9.90 Å². The molecule has 0 fully saturated rings. The van der Waals surface area contributed by atoms with Gasteiger partial charge in [0.25, 0.3) is 0 Å². The van der Waals surface area contributed by atoms with Crippen molar-refractivity contribution in [3.63, 3.8) is 0 Å². The maximum Gasteiger partial charge on any atom is 0.303 e. The second kappa shape index (κ2) is 4.45. The SMILES string of the molecule is Cc1cc(O)c(CCC(=O)O)c2ccccc12. The second-order valence-electron chi connectivity index (χ2n) is 4.13. The molecule has 2 N–H and O–H groups in total. The minimum absolute atomic E-state index is 0.0284. The maximum absolute atomic E-state index is 10.6. The second-order valence-corrected chi connectivity index (χ2v) is 4.13. The molecule has 0 saturated carbocycles. The Morgan fingerprint density at radius 1 is 1.24 bits per heavy atom.